The van der Waals surface area contributed by atoms with E-state index in [0.717, 1.165) is 45.0 Å². The molecule has 2 N–H and O–H groups in total. The van der Waals surface area contributed by atoms with E-state index in [2.05, 4.69) is 205 Å². The molecule has 0 atom stereocenters. The Kier molecular flexibility index (Phi) is 7.71. The molecule has 0 radical (unpaired) electrons. The van der Waals surface area contributed by atoms with E-state index in [1.165, 1.54) is 52.8 Å². The highest BCUT2D eigenvalue weighted by Gasteiger charge is 2.15. The molecule has 10 rings (SSSR count). The van der Waals surface area contributed by atoms with Crippen molar-refractivity contribution in [3.63, 3.8) is 0 Å². The van der Waals surface area contributed by atoms with Crippen LogP contribution in [0.1, 0.15) is 0 Å². The molecule has 0 bridgehead atoms. The van der Waals surface area contributed by atoms with Crippen molar-refractivity contribution in [2.75, 3.05) is 10.6 Å². The van der Waals surface area contributed by atoms with Crippen molar-refractivity contribution >= 4 is 75.8 Å². The largest absolute Gasteiger partial charge is 0.355 e. The third kappa shape index (κ3) is 5.87. The molecule has 0 saturated heterocycles. The first kappa shape index (κ1) is 31.1. The van der Waals surface area contributed by atoms with E-state index in [1.807, 2.05) is 11.3 Å². The number of thiophene rings is 1. The maximum absolute atomic E-state index is 3.85. The van der Waals surface area contributed by atoms with Crippen molar-refractivity contribution in [2.45, 2.75) is 0 Å². The Morgan fingerprint density at radius 2 is 0.925 bits per heavy atom. The third-order valence-corrected chi connectivity index (χ3v) is 11.4. The van der Waals surface area contributed by atoms with E-state index in [-0.39, 0.29) is 0 Å². The zero-order chi connectivity index (χ0) is 35.1. The van der Waals surface area contributed by atoms with Crippen molar-refractivity contribution in [2.24, 2.45) is 0 Å². The van der Waals surface area contributed by atoms with Crippen molar-refractivity contribution in [3.8, 4) is 33.4 Å². The Morgan fingerprint density at radius 3 is 1.75 bits per heavy atom. The van der Waals surface area contributed by atoms with Crippen LogP contribution in [0.25, 0.3) is 75.1 Å². The number of hydrogen-bond donors (Lipinski definition) is 2. The molecule has 250 valence electrons. The van der Waals surface area contributed by atoms with Crippen molar-refractivity contribution in [3.05, 3.63) is 194 Å². The monoisotopic (exact) mass is 694 g/mol. The van der Waals surface area contributed by atoms with E-state index in [1.54, 1.807) is 0 Å². The third-order valence-electron chi connectivity index (χ3n) is 10.2. The Labute approximate surface area is 312 Å². The van der Waals surface area contributed by atoms with E-state index in [9.17, 15) is 0 Å². The molecule has 0 amide bonds. The Hall–Kier alpha value is -6.68. The molecule has 53 heavy (non-hydrogen) atoms. The summed E-state index contributed by atoms with van der Waals surface area (Å²) in [6, 6.07) is 70.0. The predicted octanol–water partition coefficient (Wildman–Crippen LogP) is 14.8. The maximum Gasteiger partial charge on any atom is 0.0464 e. The topological polar surface area (TPSA) is 24.1 Å². The van der Waals surface area contributed by atoms with Gasteiger partial charge in [0.15, 0.2) is 0 Å². The van der Waals surface area contributed by atoms with Crippen LogP contribution in [0.2, 0.25) is 0 Å². The molecule has 0 aliphatic heterocycles. The van der Waals surface area contributed by atoms with E-state index >= 15 is 0 Å². The standard InChI is InChI=1S/C50H34N2S/c1-2-12-35(13-3-1)43-30-37(22-26-47(43)51-40-25-21-33-11-4-5-15-36(33)29-40)38-23-27-48(52-46-19-10-16-34-14-6-7-17-41(34)46)44(31-38)39-24-28-50-45(32-39)42-18-8-9-20-49(42)53-50/h1-32,51-52H. The number of nitrogens with one attached hydrogen (secondary N) is 2. The minimum absolute atomic E-state index is 1.07. The van der Waals surface area contributed by atoms with Crippen molar-refractivity contribution in [1.29, 1.82) is 0 Å². The highest BCUT2D eigenvalue weighted by Crippen LogP contribution is 2.42. The van der Waals surface area contributed by atoms with Crippen LogP contribution in [-0.4, -0.2) is 0 Å². The van der Waals surface area contributed by atoms with Crippen LogP contribution in [0.3, 0.4) is 0 Å². The van der Waals surface area contributed by atoms with E-state index in [0.29, 0.717) is 0 Å². The Bertz CT molecular complexity index is 2950. The first-order valence-electron chi connectivity index (χ1n) is 18.0. The summed E-state index contributed by atoms with van der Waals surface area (Å²) in [5.41, 5.74) is 11.3. The fraction of sp³-hybridized carbons (Fsp3) is 0. The van der Waals surface area contributed by atoms with Crippen molar-refractivity contribution < 1.29 is 0 Å². The van der Waals surface area contributed by atoms with Gasteiger partial charge in [-0.25, -0.2) is 0 Å². The van der Waals surface area contributed by atoms with Crippen LogP contribution in [-0.2, 0) is 0 Å². The molecular weight excluding hydrogens is 661 g/mol. The average Bonchev–Trinajstić information content (AvgIpc) is 3.60. The van der Waals surface area contributed by atoms with E-state index < -0.39 is 0 Å². The summed E-state index contributed by atoms with van der Waals surface area (Å²) < 4.78 is 2.62. The molecule has 0 aliphatic carbocycles. The molecule has 0 unspecified atom stereocenters. The second kappa shape index (κ2) is 13.1. The van der Waals surface area contributed by atoms with Crippen LogP contribution < -0.4 is 10.6 Å². The Balaban J connectivity index is 1.11. The van der Waals surface area contributed by atoms with Gasteiger partial charge in [-0.1, -0.05) is 133 Å². The van der Waals surface area contributed by atoms with Crippen LogP contribution in [0.4, 0.5) is 22.7 Å². The highest BCUT2D eigenvalue weighted by atomic mass is 32.1. The molecule has 10 aromatic rings. The number of hydrogen-bond acceptors (Lipinski definition) is 3. The van der Waals surface area contributed by atoms with Crippen LogP contribution >= 0.6 is 11.3 Å². The second-order valence-electron chi connectivity index (χ2n) is 13.5. The average molecular weight is 695 g/mol. The van der Waals surface area contributed by atoms with Gasteiger partial charge >= 0.3 is 0 Å². The maximum atomic E-state index is 3.85. The van der Waals surface area contributed by atoms with Gasteiger partial charge in [-0.05, 0) is 99.1 Å². The van der Waals surface area contributed by atoms with Gasteiger partial charge in [-0.3, -0.25) is 0 Å². The fourth-order valence-electron chi connectivity index (χ4n) is 7.56. The molecule has 1 aromatic heterocycles. The Morgan fingerprint density at radius 1 is 0.302 bits per heavy atom. The summed E-state index contributed by atoms with van der Waals surface area (Å²) in [4.78, 5) is 0. The van der Waals surface area contributed by atoms with Gasteiger partial charge in [0.1, 0.15) is 0 Å². The van der Waals surface area contributed by atoms with Gasteiger partial charge in [0.2, 0.25) is 0 Å². The molecule has 1 heterocycles. The summed E-state index contributed by atoms with van der Waals surface area (Å²) >= 11 is 1.85. The van der Waals surface area contributed by atoms with Crippen molar-refractivity contribution in [1.82, 2.24) is 0 Å². The minimum Gasteiger partial charge on any atom is -0.355 e. The number of anilines is 4. The smallest absolute Gasteiger partial charge is 0.0464 e. The summed E-state index contributed by atoms with van der Waals surface area (Å²) in [5.74, 6) is 0. The first-order valence-corrected chi connectivity index (χ1v) is 18.8. The van der Waals surface area contributed by atoms with Crippen LogP contribution in [0.5, 0.6) is 0 Å². The van der Waals surface area contributed by atoms with E-state index in [4.69, 9.17) is 0 Å². The molecule has 2 nitrogen and oxygen atoms in total. The normalized spacial score (nSPS) is 11.4. The lowest BCUT2D eigenvalue weighted by atomic mass is 9.93. The number of rotatable bonds is 7. The zero-order valence-electron chi connectivity index (χ0n) is 28.9. The summed E-state index contributed by atoms with van der Waals surface area (Å²) in [7, 11) is 0. The molecule has 3 heteroatoms. The van der Waals surface area contributed by atoms with Gasteiger partial charge in [0, 0.05) is 59.4 Å². The predicted molar refractivity (Wildman–Crippen MR) is 230 cm³/mol. The van der Waals surface area contributed by atoms with Gasteiger partial charge in [0.25, 0.3) is 0 Å². The zero-order valence-corrected chi connectivity index (χ0v) is 29.7. The SMILES string of the molecule is c1ccc(-c2cc(-c3ccc(Nc4cccc5ccccc45)c(-c4ccc5sc6ccccc6c5c4)c3)ccc2Nc2ccc3ccccc3c2)cc1. The molecule has 0 saturated carbocycles. The van der Waals surface area contributed by atoms with Gasteiger partial charge in [-0.2, -0.15) is 0 Å². The summed E-state index contributed by atoms with van der Waals surface area (Å²) in [5, 5.41) is 15.1. The summed E-state index contributed by atoms with van der Waals surface area (Å²) in [6.07, 6.45) is 0. The lowest BCUT2D eigenvalue weighted by Gasteiger charge is -2.18. The molecule has 0 aliphatic rings. The number of fused-ring (bicyclic) bond motifs is 5. The molecule has 0 fully saturated rings. The van der Waals surface area contributed by atoms with Crippen LogP contribution in [0.15, 0.2) is 194 Å². The van der Waals surface area contributed by atoms with Gasteiger partial charge in [-0.15, -0.1) is 11.3 Å². The second-order valence-corrected chi connectivity index (χ2v) is 14.6. The molecular formula is C50H34N2S. The quantitative estimate of drug-likeness (QED) is 0.174. The van der Waals surface area contributed by atoms with Crippen LogP contribution in [0, 0.1) is 0 Å². The van der Waals surface area contributed by atoms with Gasteiger partial charge < -0.3 is 10.6 Å². The lowest BCUT2D eigenvalue weighted by molar-refractivity contribution is 1.52. The minimum atomic E-state index is 1.07. The number of benzene rings is 9. The summed E-state index contributed by atoms with van der Waals surface area (Å²) in [6.45, 7) is 0. The lowest BCUT2D eigenvalue weighted by Crippen LogP contribution is -1.96. The van der Waals surface area contributed by atoms with Gasteiger partial charge in [0.05, 0.1) is 0 Å². The first-order chi connectivity index (χ1) is 26.2. The molecule has 9 aromatic carbocycles. The fourth-order valence-corrected chi connectivity index (χ4v) is 8.64. The highest BCUT2D eigenvalue weighted by molar-refractivity contribution is 7.25. The molecule has 0 spiro atoms.